The first-order chi connectivity index (χ1) is 5.84. The molecule has 0 aliphatic rings. The molecule has 0 atom stereocenters. The second-order valence-corrected chi connectivity index (χ2v) is 5.27. The van der Waals surface area contributed by atoms with Crippen LogP contribution < -0.4 is 3.87 Å². The Morgan fingerprint density at radius 1 is 1.31 bits per heavy atom. The molecule has 0 amide bonds. The van der Waals surface area contributed by atoms with E-state index in [1.54, 1.807) is 0 Å². The zero-order valence-corrected chi connectivity index (χ0v) is 9.01. The van der Waals surface area contributed by atoms with E-state index >= 15 is 0 Å². The van der Waals surface area contributed by atoms with Gasteiger partial charge in [-0.2, -0.15) is 0 Å². The van der Waals surface area contributed by atoms with Crippen molar-refractivity contribution in [2.45, 2.75) is 4.90 Å². The molecule has 69 valence electrons. The fourth-order valence-electron chi connectivity index (χ4n) is 0.820. The topological polar surface area (TPSA) is 34.1 Å². The van der Waals surface area contributed by atoms with Gasteiger partial charge >= 0.3 is 86.3 Å². The van der Waals surface area contributed by atoms with Crippen LogP contribution in [0.15, 0.2) is 17.0 Å². The van der Waals surface area contributed by atoms with Crippen molar-refractivity contribution in [2.24, 2.45) is 0 Å². The Bertz CT molecular complexity index is 442. The Labute approximate surface area is 86.3 Å². The van der Waals surface area contributed by atoms with Crippen molar-refractivity contribution >= 4 is 13.7 Å². The number of rotatable bonds is 1. The molecule has 0 aromatic heterocycles. The summed E-state index contributed by atoms with van der Waals surface area (Å²) in [4.78, 5) is -0.466. The molecular weight excluding hydrogens is 234 g/mol. The maximum absolute atomic E-state index is 13.1. The predicted molar refractivity (Wildman–Crippen MR) is 39.1 cm³/mol. The standard InChI is InChI=1S/C7H5F2O2S.Ti/c1-12(10,11)7-3-2-5(8)4-6(7)9;/h2-3H,1H3;. The molecule has 13 heavy (non-hydrogen) atoms. The van der Waals surface area contributed by atoms with Gasteiger partial charge in [0.25, 0.3) is 0 Å². The van der Waals surface area contributed by atoms with E-state index in [2.05, 4.69) is 0 Å². The van der Waals surface area contributed by atoms with Crippen molar-refractivity contribution < 1.29 is 37.6 Å². The van der Waals surface area contributed by atoms with Gasteiger partial charge in [-0.15, -0.1) is 0 Å². The Morgan fingerprint density at radius 2 is 1.85 bits per heavy atom. The zero-order valence-electron chi connectivity index (χ0n) is 6.64. The Morgan fingerprint density at radius 3 is 2.31 bits per heavy atom. The first-order valence-corrected chi connectivity index (χ1v) is 5.91. The van der Waals surface area contributed by atoms with Crippen molar-refractivity contribution in [2.75, 3.05) is 6.26 Å². The SMILES string of the molecule is CS(=O)(=O)c1ccc(F)[c]([Ti])c1F. The average Bonchev–Trinajstić information content (AvgIpc) is 1.98. The van der Waals surface area contributed by atoms with Crippen LogP contribution in [0, 0.1) is 11.6 Å². The molecule has 1 aromatic carbocycles. The summed E-state index contributed by atoms with van der Waals surface area (Å²) in [5.74, 6) is -1.76. The molecule has 0 bridgehead atoms. The van der Waals surface area contributed by atoms with Gasteiger partial charge in [-0.1, -0.05) is 0 Å². The number of hydrogen-bond acceptors (Lipinski definition) is 2. The number of halogens is 2. The molecule has 0 fully saturated rings. The minimum absolute atomic E-state index is 0.275. The fraction of sp³-hybridized carbons (Fsp3) is 0.143. The van der Waals surface area contributed by atoms with E-state index in [0.29, 0.717) is 0 Å². The van der Waals surface area contributed by atoms with Gasteiger partial charge in [-0.3, -0.25) is 0 Å². The normalized spacial score (nSPS) is 11.5. The Hall–Kier alpha value is -0.256. The van der Waals surface area contributed by atoms with Gasteiger partial charge in [-0.25, -0.2) is 0 Å². The third-order valence-corrected chi connectivity index (χ3v) is 3.29. The second kappa shape index (κ2) is 3.48. The number of sulfone groups is 1. The molecule has 6 heteroatoms. The van der Waals surface area contributed by atoms with Crippen molar-refractivity contribution in [3.05, 3.63) is 23.8 Å². The molecule has 2 nitrogen and oxygen atoms in total. The van der Waals surface area contributed by atoms with Gasteiger partial charge in [0.1, 0.15) is 0 Å². The average molecular weight is 239 g/mol. The molecule has 0 aliphatic carbocycles. The van der Waals surface area contributed by atoms with E-state index in [1.165, 1.54) is 20.4 Å². The summed E-state index contributed by atoms with van der Waals surface area (Å²) in [5, 5.41) is 0. The van der Waals surface area contributed by atoms with E-state index in [4.69, 9.17) is 0 Å². The van der Waals surface area contributed by atoms with Crippen LogP contribution in [0.4, 0.5) is 8.78 Å². The second-order valence-electron chi connectivity index (χ2n) is 2.51. The minimum atomic E-state index is -3.61. The van der Waals surface area contributed by atoms with Crippen molar-refractivity contribution in [1.29, 1.82) is 0 Å². The van der Waals surface area contributed by atoms with Gasteiger partial charge in [0.2, 0.25) is 0 Å². The molecule has 1 aromatic rings. The molecule has 0 saturated carbocycles. The van der Waals surface area contributed by atoms with Crippen LogP contribution >= 0.6 is 0 Å². The van der Waals surface area contributed by atoms with Gasteiger partial charge < -0.3 is 0 Å². The summed E-state index contributed by atoms with van der Waals surface area (Å²) in [5.41, 5.74) is 0. The van der Waals surface area contributed by atoms with E-state index < -0.39 is 26.4 Å². The molecule has 0 saturated heterocycles. The van der Waals surface area contributed by atoms with Crippen LogP contribution in [0.3, 0.4) is 0 Å². The van der Waals surface area contributed by atoms with Crippen LogP contribution in [0.5, 0.6) is 0 Å². The molecule has 0 heterocycles. The summed E-state index contributed by atoms with van der Waals surface area (Å²) in [6, 6.07) is 1.86. The van der Waals surface area contributed by atoms with Crippen LogP contribution in [0.1, 0.15) is 0 Å². The van der Waals surface area contributed by atoms with E-state index in [-0.39, 0.29) is 3.87 Å². The van der Waals surface area contributed by atoms with Crippen LogP contribution in [-0.4, -0.2) is 14.7 Å². The first-order valence-electron chi connectivity index (χ1n) is 3.23. The Kier molecular flexibility index (Phi) is 2.90. The van der Waals surface area contributed by atoms with Gasteiger partial charge in [0.05, 0.1) is 0 Å². The van der Waals surface area contributed by atoms with Crippen molar-refractivity contribution in [1.82, 2.24) is 0 Å². The summed E-state index contributed by atoms with van der Waals surface area (Å²) in [6.45, 7) is 0. The molecule has 0 spiro atoms. The summed E-state index contributed by atoms with van der Waals surface area (Å²) >= 11 is 1.19. The van der Waals surface area contributed by atoms with Crippen molar-refractivity contribution in [3.8, 4) is 0 Å². The number of hydrogen-bond donors (Lipinski definition) is 0. The van der Waals surface area contributed by atoms with Gasteiger partial charge in [-0.05, 0) is 0 Å². The summed E-state index contributed by atoms with van der Waals surface area (Å²) < 4.78 is 47.5. The Balaban J connectivity index is 3.53. The molecule has 0 radical (unpaired) electrons. The van der Waals surface area contributed by atoms with E-state index in [1.807, 2.05) is 0 Å². The number of benzene rings is 1. The van der Waals surface area contributed by atoms with E-state index in [0.717, 1.165) is 18.4 Å². The van der Waals surface area contributed by atoms with Crippen LogP contribution in [0.2, 0.25) is 0 Å². The monoisotopic (exact) mass is 239 g/mol. The maximum atomic E-state index is 13.1. The third kappa shape index (κ3) is 2.16. The van der Waals surface area contributed by atoms with E-state index in [9.17, 15) is 17.2 Å². The molecular formula is C7H5F2O2STi. The molecule has 0 N–H and O–H groups in total. The zero-order chi connectivity index (χ0) is 10.2. The molecule has 0 aliphatic heterocycles. The third-order valence-electron chi connectivity index (χ3n) is 1.46. The summed E-state index contributed by atoms with van der Waals surface area (Å²) in [7, 11) is -3.61. The molecule has 0 unspecified atom stereocenters. The van der Waals surface area contributed by atoms with Crippen LogP contribution in [-0.2, 0) is 30.3 Å². The van der Waals surface area contributed by atoms with Gasteiger partial charge in [0, 0.05) is 0 Å². The van der Waals surface area contributed by atoms with Gasteiger partial charge in [0.15, 0.2) is 0 Å². The fourth-order valence-corrected chi connectivity index (χ4v) is 2.04. The quantitative estimate of drug-likeness (QED) is 0.529. The van der Waals surface area contributed by atoms with Crippen LogP contribution in [0.25, 0.3) is 0 Å². The molecule has 1 rings (SSSR count). The first kappa shape index (κ1) is 10.8. The predicted octanol–water partition coefficient (Wildman–Crippen LogP) is 0.540. The van der Waals surface area contributed by atoms with Crippen molar-refractivity contribution in [3.63, 3.8) is 0 Å². The summed E-state index contributed by atoms with van der Waals surface area (Å²) in [6.07, 6.45) is 0.878.